The van der Waals surface area contributed by atoms with Crippen molar-refractivity contribution in [2.45, 2.75) is 51.2 Å². The Morgan fingerprint density at radius 1 is 1.29 bits per heavy atom. The fraction of sp³-hybridized carbons (Fsp3) is 0.632. The summed E-state index contributed by atoms with van der Waals surface area (Å²) in [5.41, 5.74) is 2.69. The van der Waals surface area contributed by atoms with E-state index in [-0.39, 0.29) is 12.1 Å². The van der Waals surface area contributed by atoms with Gasteiger partial charge in [0.25, 0.3) is 0 Å². The van der Waals surface area contributed by atoms with Crippen molar-refractivity contribution in [2.75, 3.05) is 24.5 Å². The second-order valence-electron chi connectivity index (χ2n) is 7.20. The van der Waals surface area contributed by atoms with Gasteiger partial charge in [0.05, 0.1) is 6.10 Å². The summed E-state index contributed by atoms with van der Waals surface area (Å²) in [6.07, 6.45) is 4.75. The third-order valence-electron chi connectivity index (χ3n) is 5.29. The second kappa shape index (κ2) is 7.88. The summed E-state index contributed by atoms with van der Waals surface area (Å²) in [6.45, 7) is 4.35. The van der Waals surface area contributed by atoms with E-state index in [1.807, 2.05) is 0 Å². The molecule has 1 saturated carbocycles. The van der Waals surface area contributed by atoms with Gasteiger partial charge in [-0.15, -0.1) is 0 Å². The zero-order valence-electron chi connectivity index (χ0n) is 14.5. The first-order chi connectivity index (χ1) is 11.6. The summed E-state index contributed by atoms with van der Waals surface area (Å²) >= 11 is 0. The van der Waals surface area contributed by atoms with E-state index in [1.54, 1.807) is 0 Å². The largest absolute Gasteiger partial charge is 0.393 e. The van der Waals surface area contributed by atoms with Crippen LogP contribution in [-0.4, -0.2) is 42.9 Å². The Balaban J connectivity index is 1.38. The Kier molecular flexibility index (Phi) is 5.61. The van der Waals surface area contributed by atoms with Crippen molar-refractivity contribution >= 4 is 11.7 Å². The van der Waals surface area contributed by atoms with Crippen molar-refractivity contribution in [3.05, 3.63) is 29.8 Å². The molecule has 1 heterocycles. The molecule has 5 heteroatoms. The third kappa shape index (κ3) is 4.20. The van der Waals surface area contributed by atoms with Gasteiger partial charge < -0.3 is 20.6 Å². The molecule has 0 aromatic heterocycles. The van der Waals surface area contributed by atoms with Crippen molar-refractivity contribution in [2.24, 2.45) is 5.92 Å². The SMILES string of the molecule is CC1Cc2ccccc2N1CCNC(=O)NCC1CCCC(O)C1. The highest BCUT2D eigenvalue weighted by molar-refractivity contribution is 5.73. The van der Waals surface area contributed by atoms with Crippen molar-refractivity contribution in [1.29, 1.82) is 0 Å². The Morgan fingerprint density at radius 3 is 2.96 bits per heavy atom. The first-order valence-corrected chi connectivity index (χ1v) is 9.18. The number of amides is 2. The second-order valence-corrected chi connectivity index (χ2v) is 7.20. The maximum Gasteiger partial charge on any atom is 0.314 e. The van der Waals surface area contributed by atoms with Crippen LogP contribution in [0.3, 0.4) is 0 Å². The van der Waals surface area contributed by atoms with Crippen molar-refractivity contribution < 1.29 is 9.90 Å². The predicted octanol–water partition coefficient (Wildman–Crippen LogP) is 2.29. The normalized spacial score (nSPS) is 26.1. The quantitative estimate of drug-likeness (QED) is 0.776. The number of hydrogen-bond donors (Lipinski definition) is 3. The molecule has 0 spiro atoms. The van der Waals surface area contributed by atoms with E-state index in [2.05, 4.69) is 46.7 Å². The van der Waals surface area contributed by atoms with Gasteiger partial charge in [0, 0.05) is 31.4 Å². The molecule has 1 aromatic rings. The molecule has 0 bridgehead atoms. The molecule has 1 aliphatic heterocycles. The van der Waals surface area contributed by atoms with E-state index in [0.717, 1.165) is 38.6 Å². The fourth-order valence-corrected chi connectivity index (χ4v) is 4.01. The minimum absolute atomic E-state index is 0.102. The van der Waals surface area contributed by atoms with Gasteiger partial charge in [-0.1, -0.05) is 24.6 Å². The van der Waals surface area contributed by atoms with Crippen molar-refractivity contribution in [3.63, 3.8) is 0 Å². The van der Waals surface area contributed by atoms with Crippen LogP contribution in [-0.2, 0) is 6.42 Å². The minimum Gasteiger partial charge on any atom is -0.393 e. The van der Waals surface area contributed by atoms with Crippen LogP contribution in [0.15, 0.2) is 24.3 Å². The summed E-state index contributed by atoms with van der Waals surface area (Å²) in [6, 6.07) is 8.88. The van der Waals surface area contributed by atoms with Crippen LogP contribution in [0.2, 0.25) is 0 Å². The van der Waals surface area contributed by atoms with Gasteiger partial charge in [-0.2, -0.15) is 0 Å². The van der Waals surface area contributed by atoms with Crippen LogP contribution in [0.4, 0.5) is 10.5 Å². The molecule has 2 amide bonds. The fourth-order valence-electron chi connectivity index (χ4n) is 4.01. The number of aliphatic hydroxyl groups is 1. The minimum atomic E-state index is -0.190. The van der Waals surface area contributed by atoms with Gasteiger partial charge in [-0.3, -0.25) is 0 Å². The Morgan fingerprint density at radius 2 is 2.12 bits per heavy atom. The lowest BCUT2D eigenvalue weighted by Crippen LogP contribution is -2.43. The van der Waals surface area contributed by atoms with E-state index in [4.69, 9.17) is 0 Å². The van der Waals surface area contributed by atoms with E-state index < -0.39 is 0 Å². The molecule has 3 rings (SSSR count). The molecular weight excluding hydrogens is 302 g/mol. The zero-order chi connectivity index (χ0) is 16.9. The molecule has 3 atom stereocenters. The van der Waals surface area contributed by atoms with Gasteiger partial charge >= 0.3 is 6.03 Å². The summed E-state index contributed by atoms with van der Waals surface area (Å²) < 4.78 is 0. The number of carbonyl (C=O) groups is 1. The molecule has 3 unspecified atom stereocenters. The highest BCUT2D eigenvalue weighted by Gasteiger charge is 2.25. The van der Waals surface area contributed by atoms with Crippen molar-refractivity contribution in [3.8, 4) is 0 Å². The highest BCUT2D eigenvalue weighted by Crippen LogP contribution is 2.31. The molecule has 24 heavy (non-hydrogen) atoms. The molecule has 3 N–H and O–H groups in total. The lowest BCUT2D eigenvalue weighted by atomic mass is 9.87. The smallest absolute Gasteiger partial charge is 0.314 e. The molecule has 1 aromatic carbocycles. The van der Waals surface area contributed by atoms with Crippen LogP contribution in [0, 0.1) is 5.92 Å². The molecule has 0 radical (unpaired) electrons. The Hall–Kier alpha value is -1.75. The van der Waals surface area contributed by atoms with Gasteiger partial charge in [0.1, 0.15) is 0 Å². The number of rotatable bonds is 5. The van der Waals surface area contributed by atoms with Gasteiger partial charge in [0.2, 0.25) is 0 Å². The number of nitrogens with zero attached hydrogens (tertiary/aromatic N) is 1. The Bertz CT molecular complexity index is 563. The highest BCUT2D eigenvalue weighted by atomic mass is 16.3. The molecule has 1 aliphatic carbocycles. The molecular formula is C19H29N3O2. The van der Waals surface area contributed by atoms with E-state index in [1.165, 1.54) is 11.3 Å². The number of para-hydroxylation sites is 1. The Labute approximate surface area is 144 Å². The molecule has 2 aliphatic rings. The number of nitrogens with one attached hydrogen (secondary N) is 2. The number of benzene rings is 1. The van der Waals surface area contributed by atoms with Gasteiger partial charge in [-0.25, -0.2) is 4.79 Å². The van der Waals surface area contributed by atoms with Crippen LogP contribution in [0.25, 0.3) is 0 Å². The lowest BCUT2D eigenvalue weighted by Gasteiger charge is -2.26. The van der Waals surface area contributed by atoms with E-state index in [0.29, 0.717) is 25.0 Å². The van der Waals surface area contributed by atoms with Crippen LogP contribution in [0.1, 0.15) is 38.2 Å². The van der Waals surface area contributed by atoms with Crippen LogP contribution < -0.4 is 15.5 Å². The van der Waals surface area contributed by atoms with Crippen LogP contribution in [0.5, 0.6) is 0 Å². The molecule has 1 fully saturated rings. The molecule has 0 saturated heterocycles. The maximum atomic E-state index is 12.0. The summed E-state index contributed by atoms with van der Waals surface area (Å²) in [5.74, 6) is 0.407. The lowest BCUT2D eigenvalue weighted by molar-refractivity contribution is 0.101. The van der Waals surface area contributed by atoms with E-state index >= 15 is 0 Å². The maximum absolute atomic E-state index is 12.0. The monoisotopic (exact) mass is 331 g/mol. The average Bonchev–Trinajstić information content (AvgIpc) is 2.89. The summed E-state index contributed by atoms with van der Waals surface area (Å²) in [5, 5.41) is 15.6. The van der Waals surface area contributed by atoms with Gasteiger partial charge in [-0.05, 0) is 50.2 Å². The standard InChI is InChI=1S/C19H29N3O2/c1-14-11-16-6-2-3-8-18(16)22(14)10-9-20-19(24)21-13-15-5-4-7-17(23)12-15/h2-3,6,8,14-15,17,23H,4-5,7,9-13H2,1H3,(H2,20,21,24). The third-order valence-corrected chi connectivity index (χ3v) is 5.29. The number of hydrogen-bond acceptors (Lipinski definition) is 3. The summed E-state index contributed by atoms with van der Waals surface area (Å²) in [4.78, 5) is 14.3. The number of aliphatic hydroxyl groups excluding tert-OH is 1. The first-order valence-electron chi connectivity index (χ1n) is 9.18. The number of fused-ring (bicyclic) bond motifs is 1. The van der Waals surface area contributed by atoms with E-state index in [9.17, 15) is 9.90 Å². The average molecular weight is 331 g/mol. The van der Waals surface area contributed by atoms with Crippen molar-refractivity contribution in [1.82, 2.24) is 10.6 Å². The number of urea groups is 1. The van der Waals surface area contributed by atoms with Crippen LogP contribution >= 0.6 is 0 Å². The topological polar surface area (TPSA) is 64.6 Å². The zero-order valence-corrected chi connectivity index (χ0v) is 14.5. The molecule has 132 valence electrons. The van der Waals surface area contributed by atoms with Gasteiger partial charge in [0.15, 0.2) is 0 Å². The number of anilines is 1. The first kappa shape index (κ1) is 17.1. The predicted molar refractivity (Wildman–Crippen MR) is 96.3 cm³/mol. The number of carbonyl (C=O) groups excluding carboxylic acids is 1. The summed E-state index contributed by atoms with van der Waals surface area (Å²) in [7, 11) is 0. The molecule has 5 nitrogen and oxygen atoms in total.